The first-order chi connectivity index (χ1) is 11.9. The molecular formula is C18H17ClN2O4. The largest absolute Gasteiger partial charge is 0.454 e. The second-order valence-electron chi connectivity index (χ2n) is 5.21. The highest BCUT2D eigenvalue weighted by atomic mass is 35.5. The lowest BCUT2D eigenvalue weighted by atomic mass is 10.1. The summed E-state index contributed by atoms with van der Waals surface area (Å²) in [5.41, 5.74) is 7.07. The van der Waals surface area contributed by atoms with Crippen LogP contribution in [-0.2, 0) is 9.53 Å². The van der Waals surface area contributed by atoms with Crippen molar-refractivity contribution in [3.8, 4) is 0 Å². The molecule has 2 aromatic carbocycles. The molecule has 2 rings (SSSR count). The minimum atomic E-state index is -0.663. The number of ketones is 1. The summed E-state index contributed by atoms with van der Waals surface area (Å²) < 4.78 is 4.99. The van der Waals surface area contributed by atoms with Crippen LogP contribution in [0.3, 0.4) is 0 Å². The van der Waals surface area contributed by atoms with Gasteiger partial charge in [0.1, 0.15) is 0 Å². The Morgan fingerprint density at radius 1 is 1.08 bits per heavy atom. The van der Waals surface area contributed by atoms with Crippen LogP contribution in [0.4, 0.5) is 11.4 Å². The van der Waals surface area contributed by atoms with Crippen molar-refractivity contribution in [3.63, 3.8) is 0 Å². The molecule has 0 spiro atoms. The van der Waals surface area contributed by atoms with Gasteiger partial charge in [0.15, 0.2) is 12.4 Å². The third kappa shape index (κ3) is 5.06. The third-order valence-corrected chi connectivity index (χ3v) is 3.72. The molecule has 0 radical (unpaired) electrons. The standard InChI is InChI=1S/C18H17ClN2O4/c1-2-17(23)21-13-6-3-11(4-7-13)16(22)10-25-18(24)12-5-8-14(19)15(20)9-12/h3-9H,2,10,20H2,1H3,(H,21,23). The summed E-state index contributed by atoms with van der Waals surface area (Å²) in [5, 5.41) is 3.02. The van der Waals surface area contributed by atoms with E-state index in [1.165, 1.54) is 18.2 Å². The van der Waals surface area contributed by atoms with Crippen LogP contribution >= 0.6 is 11.6 Å². The highest BCUT2D eigenvalue weighted by Gasteiger charge is 2.13. The molecule has 0 aliphatic carbocycles. The summed E-state index contributed by atoms with van der Waals surface area (Å²) in [4.78, 5) is 35.3. The molecule has 0 bridgehead atoms. The molecule has 0 aliphatic rings. The zero-order valence-electron chi connectivity index (χ0n) is 13.5. The first-order valence-corrected chi connectivity index (χ1v) is 7.93. The van der Waals surface area contributed by atoms with Gasteiger partial charge < -0.3 is 15.8 Å². The molecule has 0 heterocycles. The molecule has 0 unspecified atom stereocenters. The van der Waals surface area contributed by atoms with E-state index in [0.717, 1.165) is 0 Å². The van der Waals surface area contributed by atoms with E-state index in [1.54, 1.807) is 31.2 Å². The molecule has 0 aromatic heterocycles. The Hall–Kier alpha value is -2.86. The molecule has 3 N–H and O–H groups in total. The van der Waals surface area contributed by atoms with Gasteiger partial charge in [0.05, 0.1) is 16.3 Å². The van der Waals surface area contributed by atoms with Crippen LogP contribution < -0.4 is 11.1 Å². The van der Waals surface area contributed by atoms with Crippen LogP contribution in [0, 0.1) is 0 Å². The maximum Gasteiger partial charge on any atom is 0.338 e. The van der Waals surface area contributed by atoms with Crippen molar-refractivity contribution < 1.29 is 19.1 Å². The van der Waals surface area contributed by atoms with Crippen LogP contribution in [0.1, 0.15) is 34.1 Å². The number of hydrogen-bond donors (Lipinski definition) is 2. The number of rotatable bonds is 6. The van der Waals surface area contributed by atoms with Crippen LogP contribution in [-0.4, -0.2) is 24.3 Å². The number of hydrogen-bond acceptors (Lipinski definition) is 5. The number of amides is 1. The smallest absolute Gasteiger partial charge is 0.338 e. The van der Waals surface area contributed by atoms with Gasteiger partial charge in [-0.25, -0.2) is 4.79 Å². The molecule has 0 aliphatic heterocycles. The van der Waals surface area contributed by atoms with E-state index in [1.807, 2.05) is 0 Å². The van der Waals surface area contributed by atoms with Crippen molar-refractivity contribution in [2.45, 2.75) is 13.3 Å². The van der Waals surface area contributed by atoms with E-state index in [-0.39, 0.29) is 22.9 Å². The monoisotopic (exact) mass is 360 g/mol. The van der Waals surface area contributed by atoms with E-state index in [0.29, 0.717) is 22.7 Å². The first kappa shape index (κ1) is 18.5. The summed E-state index contributed by atoms with van der Waals surface area (Å²) in [6.45, 7) is 1.35. The van der Waals surface area contributed by atoms with Gasteiger partial charge in [-0.2, -0.15) is 0 Å². The van der Waals surface area contributed by atoms with Gasteiger partial charge in [-0.1, -0.05) is 18.5 Å². The van der Waals surface area contributed by atoms with Gasteiger partial charge >= 0.3 is 5.97 Å². The predicted octanol–water partition coefficient (Wildman–Crippen LogP) is 3.31. The van der Waals surface area contributed by atoms with Crippen molar-refractivity contribution in [3.05, 3.63) is 58.6 Å². The average Bonchev–Trinajstić information content (AvgIpc) is 2.62. The Kier molecular flexibility index (Phi) is 6.14. The summed E-state index contributed by atoms with van der Waals surface area (Å²) >= 11 is 5.79. The predicted molar refractivity (Wildman–Crippen MR) is 95.8 cm³/mol. The van der Waals surface area contributed by atoms with E-state index < -0.39 is 12.6 Å². The lowest BCUT2D eigenvalue weighted by Crippen LogP contribution is -2.15. The fourth-order valence-electron chi connectivity index (χ4n) is 1.96. The Bertz CT molecular complexity index is 803. The summed E-state index contributed by atoms with van der Waals surface area (Å²) in [6, 6.07) is 10.7. The number of esters is 1. The number of anilines is 2. The van der Waals surface area contributed by atoms with Gasteiger partial charge in [0.25, 0.3) is 0 Å². The number of nitrogens with one attached hydrogen (secondary N) is 1. The maximum absolute atomic E-state index is 12.1. The number of nitrogens with two attached hydrogens (primary N) is 1. The van der Waals surface area contributed by atoms with E-state index in [4.69, 9.17) is 22.1 Å². The zero-order chi connectivity index (χ0) is 18.4. The van der Waals surface area contributed by atoms with Crippen molar-refractivity contribution in [1.29, 1.82) is 0 Å². The number of carbonyl (C=O) groups excluding carboxylic acids is 3. The maximum atomic E-state index is 12.1. The van der Waals surface area contributed by atoms with Crippen LogP contribution in [0.2, 0.25) is 5.02 Å². The molecule has 2 aromatic rings. The fourth-order valence-corrected chi connectivity index (χ4v) is 2.07. The normalized spacial score (nSPS) is 10.2. The molecular weight excluding hydrogens is 344 g/mol. The lowest BCUT2D eigenvalue weighted by molar-refractivity contribution is -0.115. The number of Topliss-reactive ketones (excluding diaryl/α,β-unsaturated/α-hetero) is 1. The highest BCUT2D eigenvalue weighted by Crippen LogP contribution is 2.20. The van der Waals surface area contributed by atoms with Crippen molar-refractivity contribution >= 4 is 40.6 Å². The first-order valence-electron chi connectivity index (χ1n) is 7.56. The SMILES string of the molecule is CCC(=O)Nc1ccc(C(=O)COC(=O)c2ccc(Cl)c(N)c2)cc1. The summed E-state index contributed by atoms with van der Waals surface area (Å²) in [5.74, 6) is -1.14. The second-order valence-corrected chi connectivity index (χ2v) is 5.62. The highest BCUT2D eigenvalue weighted by molar-refractivity contribution is 6.33. The molecule has 7 heteroatoms. The number of nitrogen functional groups attached to an aromatic ring is 1. The van der Waals surface area contributed by atoms with Gasteiger partial charge in [-0.05, 0) is 42.5 Å². The zero-order valence-corrected chi connectivity index (χ0v) is 14.3. The van der Waals surface area contributed by atoms with Gasteiger partial charge in [0, 0.05) is 17.7 Å². The quantitative estimate of drug-likeness (QED) is 0.468. The van der Waals surface area contributed by atoms with Crippen LogP contribution in [0.25, 0.3) is 0 Å². The Labute approximate surface area is 149 Å². The summed E-state index contributed by atoms with van der Waals surface area (Å²) in [6.07, 6.45) is 0.367. The van der Waals surface area contributed by atoms with Gasteiger partial charge in [-0.15, -0.1) is 0 Å². The minimum absolute atomic E-state index is 0.116. The average molecular weight is 361 g/mol. The second kappa shape index (κ2) is 8.30. The molecule has 6 nitrogen and oxygen atoms in total. The minimum Gasteiger partial charge on any atom is -0.454 e. The molecule has 0 saturated heterocycles. The molecule has 0 fully saturated rings. The van der Waals surface area contributed by atoms with Crippen molar-refractivity contribution in [1.82, 2.24) is 0 Å². The summed E-state index contributed by atoms with van der Waals surface area (Å²) in [7, 11) is 0. The van der Waals surface area contributed by atoms with Crippen LogP contribution in [0.15, 0.2) is 42.5 Å². The Morgan fingerprint density at radius 2 is 1.72 bits per heavy atom. The van der Waals surface area contributed by atoms with E-state index in [9.17, 15) is 14.4 Å². The Balaban J connectivity index is 1.94. The number of carbonyl (C=O) groups is 3. The number of benzene rings is 2. The number of ether oxygens (including phenoxy) is 1. The fraction of sp³-hybridized carbons (Fsp3) is 0.167. The molecule has 130 valence electrons. The van der Waals surface area contributed by atoms with Gasteiger partial charge in [0.2, 0.25) is 5.91 Å². The number of halogens is 1. The van der Waals surface area contributed by atoms with Crippen molar-refractivity contribution in [2.75, 3.05) is 17.7 Å². The molecule has 1 amide bonds. The van der Waals surface area contributed by atoms with Crippen LogP contribution in [0.5, 0.6) is 0 Å². The van der Waals surface area contributed by atoms with Crippen molar-refractivity contribution in [2.24, 2.45) is 0 Å². The van der Waals surface area contributed by atoms with E-state index in [2.05, 4.69) is 5.32 Å². The molecule has 0 saturated carbocycles. The topological polar surface area (TPSA) is 98.5 Å². The third-order valence-electron chi connectivity index (χ3n) is 3.38. The van der Waals surface area contributed by atoms with E-state index >= 15 is 0 Å². The molecule has 25 heavy (non-hydrogen) atoms. The Morgan fingerprint density at radius 3 is 2.32 bits per heavy atom. The van der Waals surface area contributed by atoms with Gasteiger partial charge in [-0.3, -0.25) is 9.59 Å². The molecule has 0 atom stereocenters. The lowest BCUT2D eigenvalue weighted by Gasteiger charge is -2.07.